The fourth-order valence-electron chi connectivity index (χ4n) is 3.95. The topological polar surface area (TPSA) is 162 Å². The van der Waals surface area contributed by atoms with Crippen molar-refractivity contribution in [3.63, 3.8) is 0 Å². The number of rotatable bonds is 8. The van der Waals surface area contributed by atoms with Gasteiger partial charge in [-0.15, -0.1) is 5.10 Å². The van der Waals surface area contributed by atoms with Gasteiger partial charge < -0.3 is 15.4 Å². The van der Waals surface area contributed by atoms with E-state index in [1.54, 1.807) is 37.3 Å². The molecule has 0 aliphatic carbocycles. The van der Waals surface area contributed by atoms with Crippen molar-refractivity contribution in [1.29, 1.82) is 0 Å². The van der Waals surface area contributed by atoms with Gasteiger partial charge in [0.15, 0.2) is 37.8 Å². The van der Waals surface area contributed by atoms with Crippen LogP contribution in [0.3, 0.4) is 0 Å². The lowest BCUT2D eigenvalue weighted by Crippen LogP contribution is -2.13. The number of nitrogens with zero attached hydrogens (tertiary/aromatic N) is 5. The molecule has 0 bridgehead atoms. The maximum Gasteiger partial charge on any atom is 0.412 e. The summed E-state index contributed by atoms with van der Waals surface area (Å²) in [6, 6.07) is 14.8. The molecule has 0 fully saturated rings. The Balaban J connectivity index is 1.36. The molecule has 0 saturated heterocycles. The number of carbonyl (C=O) groups is 2. The first-order chi connectivity index (χ1) is 20.0. The molecule has 216 valence electrons. The van der Waals surface area contributed by atoms with Gasteiger partial charge in [-0.3, -0.25) is 10.1 Å². The Morgan fingerprint density at radius 3 is 2.45 bits per heavy atom. The third-order valence-electron chi connectivity index (χ3n) is 5.94. The molecule has 0 unspecified atom stereocenters. The fraction of sp³-hybridized carbons (Fsp3) is 0.148. The lowest BCUT2D eigenvalue weighted by atomic mass is 10.1. The van der Waals surface area contributed by atoms with Crippen LogP contribution in [0.15, 0.2) is 71.9 Å². The van der Waals surface area contributed by atoms with Crippen LogP contribution in [0.5, 0.6) is 0 Å². The summed E-state index contributed by atoms with van der Waals surface area (Å²) in [6.07, 6.45) is 1.91. The predicted octanol–water partition coefficient (Wildman–Crippen LogP) is 4.33. The third-order valence-corrected chi connectivity index (χ3v) is 6.99. The van der Waals surface area contributed by atoms with Crippen molar-refractivity contribution in [3.05, 3.63) is 83.9 Å². The number of amides is 2. The summed E-state index contributed by atoms with van der Waals surface area (Å²) in [5.41, 5.74) is 2.54. The molecule has 0 aliphatic heterocycles. The van der Waals surface area contributed by atoms with Gasteiger partial charge in [0, 0.05) is 23.7 Å². The number of carbonyl (C=O) groups excluding carboxylic acids is 2. The van der Waals surface area contributed by atoms with Gasteiger partial charge in [-0.2, -0.15) is 5.10 Å². The second-order valence-electron chi connectivity index (χ2n) is 9.13. The summed E-state index contributed by atoms with van der Waals surface area (Å²) < 4.78 is 45.6. The van der Waals surface area contributed by atoms with Gasteiger partial charge in [-0.05, 0) is 67.9 Å². The zero-order chi connectivity index (χ0) is 30.0. The van der Waals surface area contributed by atoms with Crippen molar-refractivity contribution in [3.8, 4) is 5.69 Å². The predicted molar refractivity (Wildman–Crippen MR) is 153 cm³/mol. The minimum absolute atomic E-state index is 0.144. The van der Waals surface area contributed by atoms with Gasteiger partial charge in [0.2, 0.25) is 0 Å². The molecule has 5 rings (SSSR count). The van der Waals surface area contributed by atoms with Gasteiger partial charge in [-0.25, -0.2) is 31.8 Å². The normalized spacial score (nSPS) is 11.3. The van der Waals surface area contributed by atoms with Crippen LogP contribution in [0.4, 0.5) is 32.2 Å². The van der Waals surface area contributed by atoms with Crippen LogP contribution < -0.4 is 16.0 Å². The van der Waals surface area contributed by atoms with Gasteiger partial charge in [0.05, 0.1) is 18.5 Å². The number of hydrogen-bond acceptors (Lipinski definition) is 9. The molecule has 42 heavy (non-hydrogen) atoms. The van der Waals surface area contributed by atoms with Crippen LogP contribution in [0.2, 0.25) is 0 Å². The number of aromatic nitrogens is 5. The number of aryl methyl sites for hydroxylation is 1. The lowest BCUT2D eigenvalue weighted by Gasteiger charge is -2.11. The molecule has 13 nitrogen and oxygen atoms in total. The molecular weight excluding hydrogens is 567 g/mol. The highest BCUT2D eigenvalue weighted by Gasteiger charge is 2.22. The fourth-order valence-corrected chi connectivity index (χ4v) is 4.74. The summed E-state index contributed by atoms with van der Waals surface area (Å²) in [4.78, 5) is 29.0. The molecule has 3 aromatic heterocycles. The van der Waals surface area contributed by atoms with E-state index in [-0.39, 0.29) is 28.8 Å². The maximum absolute atomic E-state index is 13.4. The first-order valence-electron chi connectivity index (χ1n) is 12.6. The molecule has 0 atom stereocenters. The van der Waals surface area contributed by atoms with Crippen molar-refractivity contribution >= 4 is 50.5 Å². The number of halogens is 1. The summed E-state index contributed by atoms with van der Waals surface area (Å²) in [6.45, 7) is 3.79. The highest BCUT2D eigenvalue weighted by molar-refractivity contribution is 7.90. The van der Waals surface area contributed by atoms with E-state index >= 15 is 0 Å². The van der Waals surface area contributed by atoms with Crippen molar-refractivity contribution in [2.24, 2.45) is 0 Å². The van der Waals surface area contributed by atoms with Crippen molar-refractivity contribution in [1.82, 2.24) is 24.4 Å². The molecule has 5 aromatic rings. The number of nitrogens with one attached hydrogen (secondary N) is 3. The molecule has 3 heterocycles. The van der Waals surface area contributed by atoms with E-state index in [0.29, 0.717) is 22.8 Å². The highest BCUT2D eigenvalue weighted by atomic mass is 32.2. The zero-order valence-electron chi connectivity index (χ0n) is 22.6. The molecule has 2 amide bonds. The molecule has 0 spiro atoms. The molecule has 15 heteroatoms. The van der Waals surface area contributed by atoms with E-state index in [1.165, 1.54) is 35.0 Å². The van der Waals surface area contributed by atoms with Crippen LogP contribution in [0.1, 0.15) is 23.0 Å². The molecular formula is C27H25FN8O5S. The highest BCUT2D eigenvalue weighted by Crippen LogP contribution is 2.25. The van der Waals surface area contributed by atoms with E-state index in [1.807, 2.05) is 6.92 Å². The number of benzene rings is 2. The van der Waals surface area contributed by atoms with Gasteiger partial charge in [0.25, 0.3) is 5.91 Å². The minimum atomic E-state index is -3.77. The van der Waals surface area contributed by atoms with Gasteiger partial charge in [-0.1, -0.05) is 6.07 Å². The Bertz CT molecular complexity index is 1920. The van der Waals surface area contributed by atoms with Gasteiger partial charge >= 0.3 is 6.09 Å². The van der Waals surface area contributed by atoms with E-state index in [9.17, 15) is 22.4 Å². The zero-order valence-corrected chi connectivity index (χ0v) is 23.4. The Kier molecular flexibility index (Phi) is 7.58. The molecule has 0 radical (unpaired) electrons. The summed E-state index contributed by atoms with van der Waals surface area (Å²) in [7, 11) is -3.77. The average molecular weight is 593 g/mol. The number of anilines is 4. The smallest absolute Gasteiger partial charge is 0.412 e. The van der Waals surface area contributed by atoms with Gasteiger partial charge in [0.1, 0.15) is 5.82 Å². The van der Waals surface area contributed by atoms with Crippen LogP contribution in [-0.4, -0.2) is 57.7 Å². The van der Waals surface area contributed by atoms with E-state index < -0.39 is 27.7 Å². The quantitative estimate of drug-likeness (QED) is 0.238. The standard InChI is InChI=1S/C27H25FN8O5S/c1-4-41-27(38)32-23-15-35-24(31-23)12-11-22(34-35)30-20-13-18(8-5-16(20)2)29-26(37)21-14-25(42(3,39)40)36(33-21)19-9-6-17(28)7-10-19/h5-15H,4H2,1-3H3,(H,29,37)(H,30,34)(H,32,38). The monoisotopic (exact) mass is 592 g/mol. The van der Waals surface area contributed by atoms with E-state index in [2.05, 4.69) is 31.1 Å². The SMILES string of the molecule is CCOC(=O)Nc1cn2nc(Nc3cc(NC(=O)c4cc(S(C)(=O)=O)n(-c5ccc(F)cc5)n4)ccc3C)ccc2n1. The van der Waals surface area contributed by atoms with Crippen molar-refractivity contribution in [2.45, 2.75) is 18.9 Å². The Labute approximate surface area is 239 Å². The number of sulfone groups is 1. The Morgan fingerprint density at radius 2 is 1.74 bits per heavy atom. The van der Waals surface area contributed by atoms with Crippen molar-refractivity contribution in [2.75, 3.05) is 28.8 Å². The molecule has 2 aromatic carbocycles. The van der Waals surface area contributed by atoms with Crippen LogP contribution in [-0.2, 0) is 14.6 Å². The van der Waals surface area contributed by atoms with Crippen LogP contribution >= 0.6 is 0 Å². The Morgan fingerprint density at radius 1 is 0.976 bits per heavy atom. The first-order valence-corrected chi connectivity index (χ1v) is 14.4. The summed E-state index contributed by atoms with van der Waals surface area (Å²) >= 11 is 0. The first kappa shape index (κ1) is 28.2. The summed E-state index contributed by atoms with van der Waals surface area (Å²) in [5.74, 6) is -0.399. The van der Waals surface area contributed by atoms with Crippen LogP contribution in [0.25, 0.3) is 11.3 Å². The number of hydrogen-bond donors (Lipinski definition) is 3. The van der Waals surface area contributed by atoms with E-state index in [4.69, 9.17) is 4.74 Å². The number of ether oxygens (including phenoxy) is 1. The third kappa shape index (κ3) is 6.20. The lowest BCUT2D eigenvalue weighted by molar-refractivity contribution is 0.102. The average Bonchev–Trinajstić information content (AvgIpc) is 3.55. The molecule has 3 N–H and O–H groups in total. The van der Waals surface area contributed by atoms with Crippen molar-refractivity contribution < 1.29 is 27.1 Å². The largest absolute Gasteiger partial charge is 0.450 e. The minimum Gasteiger partial charge on any atom is -0.450 e. The number of fused-ring (bicyclic) bond motifs is 1. The molecule has 0 saturated carbocycles. The second-order valence-corrected chi connectivity index (χ2v) is 11.1. The maximum atomic E-state index is 13.4. The van der Waals surface area contributed by atoms with Crippen LogP contribution in [0, 0.1) is 12.7 Å². The summed E-state index contributed by atoms with van der Waals surface area (Å²) in [5, 5.41) is 16.9. The second kappa shape index (κ2) is 11.3. The Hall–Kier alpha value is -5.31. The molecule has 0 aliphatic rings. The van der Waals surface area contributed by atoms with E-state index in [0.717, 1.165) is 22.6 Å². The number of imidazole rings is 1.